The van der Waals surface area contributed by atoms with E-state index in [1.54, 1.807) is 4.68 Å². The highest BCUT2D eigenvalue weighted by molar-refractivity contribution is 6.04. The summed E-state index contributed by atoms with van der Waals surface area (Å²) in [6, 6.07) is 19.2. The monoisotopic (exact) mass is 417 g/mol. The number of nitrogens with one attached hydrogen (secondary N) is 1. The molecule has 2 aliphatic rings. The van der Waals surface area contributed by atoms with Gasteiger partial charge < -0.3 is 14.8 Å². The third-order valence-electron chi connectivity index (χ3n) is 5.79. The molecule has 0 spiro atoms. The zero-order valence-electron chi connectivity index (χ0n) is 17.5. The molecular formula is C25H27N3O3. The summed E-state index contributed by atoms with van der Waals surface area (Å²) >= 11 is 0. The summed E-state index contributed by atoms with van der Waals surface area (Å²) < 4.78 is 13.5. The van der Waals surface area contributed by atoms with Crippen LogP contribution in [-0.2, 0) is 4.74 Å². The molecule has 1 N–H and O–H groups in total. The summed E-state index contributed by atoms with van der Waals surface area (Å²) in [6.07, 6.45) is 5.66. The number of rotatable bonds is 7. The summed E-state index contributed by atoms with van der Waals surface area (Å²) in [5, 5.41) is 7.76. The fraction of sp³-hybridized carbons (Fsp3) is 0.360. The van der Waals surface area contributed by atoms with Gasteiger partial charge in [0.2, 0.25) is 0 Å². The van der Waals surface area contributed by atoms with E-state index in [0.717, 1.165) is 43.7 Å². The second-order valence-electron chi connectivity index (χ2n) is 8.23. The van der Waals surface area contributed by atoms with E-state index < -0.39 is 0 Å². The molecule has 0 bridgehead atoms. The molecule has 1 atom stereocenters. The molecule has 1 saturated heterocycles. The number of benzene rings is 2. The molecular weight excluding hydrogens is 390 g/mol. The van der Waals surface area contributed by atoms with Crippen LogP contribution in [-0.4, -0.2) is 35.0 Å². The van der Waals surface area contributed by atoms with Gasteiger partial charge in [-0.15, -0.1) is 0 Å². The minimum absolute atomic E-state index is 0.109. The zero-order chi connectivity index (χ0) is 21.0. The van der Waals surface area contributed by atoms with Crippen molar-refractivity contribution in [2.24, 2.45) is 0 Å². The first-order valence-electron chi connectivity index (χ1n) is 11.1. The number of carbonyl (C=O) groups excluding carboxylic acids is 1. The number of hydrogen-bond donors (Lipinski definition) is 1. The van der Waals surface area contributed by atoms with Gasteiger partial charge in [-0.3, -0.25) is 4.79 Å². The van der Waals surface area contributed by atoms with Crippen molar-refractivity contribution in [3.63, 3.8) is 0 Å². The van der Waals surface area contributed by atoms with E-state index >= 15 is 0 Å². The summed E-state index contributed by atoms with van der Waals surface area (Å²) in [5.74, 6) is 0.911. The van der Waals surface area contributed by atoms with Crippen molar-refractivity contribution in [1.29, 1.82) is 0 Å². The van der Waals surface area contributed by atoms with E-state index in [2.05, 4.69) is 5.32 Å². The SMILES string of the molecule is O=C(Nc1ccccc1OCC1CCCCO1)c1cc(C2CC2)nn1-c1ccccc1. The summed E-state index contributed by atoms with van der Waals surface area (Å²) in [7, 11) is 0. The van der Waals surface area contributed by atoms with E-state index in [1.165, 1.54) is 6.42 Å². The normalized spacial score (nSPS) is 18.5. The number of anilines is 1. The first kappa shape index (κ1) is 19.8. The third kappa shape index (κ3) is 4.64. The Kier molecular flexibility index (Phi) is 5.71. The fourth-order valence-corrected chi connectivity index (χ4v) is 3.91. The summed E-state index contributed by atoms with van der Waals surface area (Å²) in [5.41, 5.74) is 3.03. The van der Waals surface area contributed by atoms with Crippen molar-refractivity contribution >= 4 is 11.6 Å². The first-order valence-corrected chi connectivity index (χ1v) is 11.1. The Bertz CT molecular complexity index is 1040. The Balaban J connectivity index is 1.36. The number of aromatic nitrogens is 2. The van der Waals surface area contributed by atoms with Crippen molar-refractivity contribution in [1.82, 2.24) is 9.78 Å². The molecule has 3 aromatic rings. The lowest BCUT2D eigenvalue weighted by molar-refractivity contribution is -0.0109. The molecule has 1 unspecified atom stereocenters. The van der Waals surface area contributed by atoms with E-state index in [1.807, 2.05) is 60.7 Å². The average Bonchev–Trinajstić information content (AvgIpc) is 3.58. The molecule has 1 aliphatic carbocycles. The Hall–Kier alpha value is -3.12. The second kappa shape index (κ2) is 8.94. The molecule has 2 fully saturated rings. The molecule has 2 heterocycles. The number of para-hydroxylation sites is 3. The Morgan fingerprint density at radius 2 is 1.87 bits per heavy atom. The van der Waals surface area contributed by atoms with Crippen LogP contribution in [0.5, 0.6) is 5.75 Å². The fourth-order valence-electron chi connectivity index (χ4n) is 3.91. The molecule has 6 nitrogen and oxygen atoms in total. The van der Waals surface area contributed by atoms with Crippen molar-refractivity contribution in [3.05, 3.63) is 72.1 Å². The van der Waals surface area contributed by atoms with Crippen LogP contribution < -0.4 is 10.1 Å². The molecule has 2 aromatic carbocycles. The van der Waals surface area contributed by atoms with Crippen LogP contribution in [0.3, 0.4) is 0 Å². The van der Waals surface area contributed by atoms with Gasteiger partial charge in [0.15, 0.2) is 0 Å². The number of amides is 1. The van der Waals surface area contributed by atoms with E-state index in [-0.39, 0.29) is 12.0 Å². The lowest BCUT2D eigenvalue weighted by Gasteiger charge is -2.23. The van der Waals surface area contributed by atoms with Crippen LogP contribution in [0.25, 0.3) is 5.69 Å². The highest BCUT2D eigenvalue weighted by atomic mass is 16.5. The molecule has 31 heavy (non-hydrogen) atoms. The second-order valence-corrected chi connectivity index (χ2v) is 8.23. The largest absolute Gasteiger partial charge is 0.489 e. The quantitative estimate of drug-likeness (QED) is 0.591. The van der Waals surface area contributed by atoms with E-state index in [0.29, 0.717) is 29.7 Å². The maximum absolute atomic E-state index is 13.3. The molecule has 1 saturated carbocycles. The van der Waals surface area contributed by atoms with Gasteiger partial charge in [0, 0.05) is 12.5 Å². The van der Waals surface area contributed by atoms with Crippen molar-refractivity contribution in [3.8, 4) is 11.4 Å². The molecule has 1 aliphatic heterocycles. The van der Waals surface area contributed by atoms with Crippen LogP contribution in [0, 0.1) is 0 Å². The lowest BCUT2D eigenvalue weighted by Crippen LogP contribution is -2.26. The highest BCUT2D eigenvalue weighted by Crippen LogP contribution is 2.40. The van der Waals surface area contributed by atoms with Crippen LogP contribution in [0.4, 0.5) is 5.69 Å². The minimum Gasteiger partial charge on any atom is -0.489 e. The topological polar surface area (TPSA) is 65.4 Å². The summed E-state index contributed by atoms with van der Waals surface area (Å²) in [4.78, 5) is 13.3. The standard InChI is InChI=1S/C25H27N3O3/c29-25(23-16-22(18-13-14-18)27-28(23)19-8-2-1-3-9-19)26-21-11-4-5-12-24(21)31-17-20-10-6-7-15-30-20/h1-5,8-9,11-12,16,18,20H,6-7,10,13-15,17H2,(H,26,29). The molecule has 160 valence electrons. The first-order chi connectivity index (χ1) is 15.3. The van der Waals surface area contributed by atoms with Crippen molar-refractivity contribution in [2.75, 3.05) is 18.5 Å². The van der Waals surface area contributed by atoms with E-state index in [4.69, 9.17) is 14.6 Å². The van der Waals surface area contributed by atoms with Crippen LogP contribution >= 0.6 is 0 Å². The Labute approximate surface area is 182 Å². The predicted octanol–water partition coefficient (Wildman–Crippen LogP) is 4.95. The molecule has 6 heteroatoms. The lowest BCUT2D eigenvalue weighted by atomic mass is 10.1. The van der Waals surface area contributed by atoms with Gasteiger partial charge in [-0.25, -0.2) is 4.68 Å². The van der Waals surface area contributed by atoms with Gasteiger partial charge >= 0.3 is 0 Å². The van der Waals surface area contributed by atoms with E-state index in [9.17, 15) is 4.79 Å². The Morgan fingerprint density at radius 1 is 1.06 bits per heavy atom. The minimum atomic E-state index is -0.201. The van der Waals surface area contributed by atoms with Crippen LogP contribution in [0.1, 0.15) is 54.2 Å². The van der Waals surface area contributed by atoms with Crippen molar-refractivity contribution < 1.29 is 14.3 Å². The number of ether oxygens (including phenoxy) is 2. The average molecular weight is 418 g/mol. The van der Waals surface area contributed by atoms with Gasteiger partial charge in [-0.1, -0.05) is 30.3 Å². The van der Waals surface area contributed by atoms with Crippen molar-refractivity contribution in [2.45, 2.75) is 44.1 Å². The smallest absolute Gasteiger partial charge is 0.274 e. The molecule has 0 radical (unpaired) electrons. The number of hydrogen-bond acceptors (Lipinski definition) is 4. The van der Waals surface area contributed by atoms with Crippen LogP contribution in [0.2, 0.25) is 0 Å². The summed E-state index contributed by atoms with van der Waals surface area (Å²) in [6.45, 7) is 1.28. The van der Waals surface area contributed by atoms with Gasteiger partial charge in [-0.2, -0.15) is 5.10 Å². The van der Waals surface area contributed by atoms with Gasteiger partial charge in [0.05, 0.1) is 23.2 Å². The van der Waals surface area contributed by atoms with Crippen LogP contribution in [0.15, 0.2) is 60.7 Å². The predicted molar refractivity (Wildman–Crippen MR) is 119 cm³/mol. The van der Waals surface area contributed by atoms with Gasteiger partial charge in [0.1, 0.15) is 18.1 Å². The number of carbonyl (C=O) groups is 1. The van der Waals surface area contributed by atoms with Gasteiger partial charge in [-0.05, 0) is 62.4 Å². The highest BCUT2D eigenvalue weighted by Gasteiger charge is 2.29. The third-order valence-corrected chi connectivity index (χ3v) is 5.79. The maximum atomic E-state index is 13.3. The molecule has 1 amide bonds. The number of nitrogens with zero attached hydrogens (tertiary/aromatic N) is 2. The maximum Gasteiger partial charge on any atom is 0.274 e. The molecule has 5 rings (SSSR count). The zero-order valence-corrected chi connectivity index (χ0v) is 17.5. The molecule has 1 aromatic heterocycles. The Morgan fingerprint density at radius 3 is 2.65 bits per heavy atom. The van der Waals surface area contributed by atoms with Gasteiger partial charge in [0.25, 0.3) is 5.91 Å².